The number of carbonyl (C=O) groups excluding carboxylic acids is 2. The third-order valence-electron chi connectivity index (χ3n) is 4.11. The van der Waals surface area contributed by atoms with E-state index in [1.54, 1.807) is 36.4 Å². The van der Waals surface area contributed by atoms with E-state index >= 15 is 0 Å². The van der Waals surface area contributed by atoms with Gasteiger partial charge >= 0.3 is 11.9 Å². The van der Waals surface area contributed by atoms with Crippen LogP contribution >= 0.6 is 0 Å². The summed E-state index contributed by atoms with van der Waals surface area (Å²) in [5, 5.41) is 0. The lowest BCUT2D eigenvalue weighted by Crippen LogP contribution is -2.16. The van der Waals surface area contributed by atoms with Crippen molar-refractivity contribution in [1.29, 1.82) is 0 Å². The summed E-state index contributed by atoms with van der Waals surface area (Å²) in [4.78, 5) is 24.8. The molecule has 26 heavy (non-hydrogen) atoms. The Balaban J connectivity index is 2.07. The van der Waals surface area contributed by atoms with Crippen LogP contribution in [0.4, 0.5) is 0 Å². The van der Waals surface area contributed by atoms with Crippen LogP contribution in [0.5, 0.6) is 5.75 Å². The maximum Gasteiger partial charge on any atom is 0.344 e. The molecule has 0 fully saturated rings. The first-order valence-electron chi connectivity index (χ1n) is 9.11. The van der Waals surface area contributed by atoms with Gasteiger partial charge in [-0.15, -0.1) is 0 Å². The molecule has 0 aliphatic carbocycles. The molecule has 0 unspecified atom stereocenters. The largest absolute Gasteiger partial charge is 0.462 e. The van der Waals surface area contributed by atoms with Gasteiger partial charge < -0.3 is 9.47 Å². The van der Waals surface area contributed by atoms with E-state index in [0.717, 1.165) is 19.3 Å². The lowest BCUT2D eigenvalue weighted by molar-refractivity contribution is 0.0490. The molecule has 0 heterocycles. The first-order chi connectivity index (χ1) is 12.5. The molecule has 4 nitrogen and oxygen atoms in total. The molecule has 0 spiro atoms. The summed E-state index contributed by atoms with van der Waals surface area (Å²) >= 11 is 0. The highest BCUT2D eigenvalue weighted by atomic mass is 16.5. The van der Waals surface area contributed by atoms with Gasteiger partial charge in [-0.1, -0.05) is 57.9 Å². The number of hydrogen-bond donors (Lipinski definition) is 0. The minimum atomic E-state index is -0.566. The Labute approximate surface area is 155 Å². The van der Waals surface area contributed by atoms with Crippen LogP contribution in [0.15, 0.2) is 48.5 Å². The second-order valence-corrected chi connectivity index (χ2v) is 6.50. The van der Waals surface area contributed by atoms with Gasteiger partial charge in [-0.2, -0.15) is 0 Å². The molecule has 0 aromatic heterocycles. The summed E-state index contributed by atoms with van der Waals surface area (Å²) in [7, 11) is 0. The quantitative estimate of drug-likeness (QED) is 0.363. The van der Waals surface area contributed by atoms with Crippen LogP contribution in [-0.2, 0) is 4.74 Å². The zero-order chi connectivity index (χ0) is 18.9. The van der Waals surface area contributed by atoms with Crippen molar-refractivity contribution in [3.8, 4) is 5.75 Å². The fourth-order valence-electron chi connectivity index (χ4n) is 2.52. The van der Waals surface area contributed by atoms with E-state index in [4.69, 9.17) is 9.47 Å². The Morgan fingerprint density at radius 1 is 0.885 bits per heavy atom. The van der Waals surface area contributed by atoms with Crippen molar-refractivity contribution >= 4 is 11.9 Å². The summed E-state index contributed by atoms with van der Waals surface area (Å²) in [5.74, 6) is -0.208. The summed E-state index contributed by atoms with van der Waals surface area (Å²) < 4.78 is 10.7. The van der Waals surface area contributed by atoms with Gasteiger partial charge in [0.2, 0.25) is 0 Å². The highest BCUT2D eigenvalue weighted by Gasteiger charge is 2.19. The van der Waals surface area contributed by atoms with E-state index in [1.807, 2.05) is 12.1 Å². The zero-order valence-corrected chi connectivity index (χ0v) is 15.7. The first kappa shape index (κ1) is 19.7. The maximum atomic E-state index is 12.5. The average Bonchev–Trinajstić information content (AvgIpc) is 2.65. The highest BCUT2D eigenvalue weighted by molar-refractivity contribution is 6.03. The van der Waals surface area contributed by atoms with Crippen molar-refractivity contribution < 1.29 is 19.1 Å². The predicted molar refractivity (Wildman–Crippen MR) is 102 cm³/mol. The van der Waals surface area contributed by atoms with E-state index in [9.17, 15) is 9.59 Å². The minimum Gasteiger partial charge on any atom is -0.462 e. The van der Waals surface area contributed by atoms with Crippen LogP contribution in [-0.4, -0.2) is 18.5 Å². The van der Waals surface area contributed by atoms with Crippen molar-refractivity contribution in [3.63, 3.8) is 0 Å². The van der Waals surface area contributed by atoms with Crippen molar-refractivity contribution in [2.24, 2.45) is 0 Å². The van der Waals surface area contributed by atoms with Gasteiger partial charge in [0.25, 0.3) is 0 Å². The van der Waals surface area contributed by atoms with Crippen LogP contribution in [0.25, 0.3) is 0 Å². The molecular weight excluding hydrogens is 328 g/mol. The Morgan fingerprint density at radius 2 is 1.50 bits per heavy atom. The fourth-order valence-corrected chi connectivity index (χ4v) is 2.52. The van der Waals surface area contributed by atoms with Crippen molar-refractivity contribution in [1.82, 2.24) is 0 Å². The first-order valence-corrected chi connectivity index (χ1v) is 9.11. The molecule has 0 atom stereocenters. The molecule has 2 aromatic rings. The smallest absolute Gasteiger partial charge is 0.344 e. The lowest BCUT2D eigenvalue weighted by Gasteiger charge is -2.10. The van der Waals surface area contributed by atoms with E-state index in [0.29, 0.717) is 18.3 Å². The molecule has 2 aromatic carbocycles. The third kappa shape index (κ3) is 5.45. The van der Waals surface area contributed by atoms with Gasteiger partial charge in [0.15, 0.2) is 0 Å². The second-order valence-electron chi connectivity index (χ2n) is 6.50. The van der Waals surface area contributed by atoms with Crippen molar-refractivity contribution in [2.45, 2.75) is 46.0 Å². The molecule has 0 radical (unpaired) electrons. The SMILES string of the molecule is CCCCCOC(=O)c1ccccc1C(=O)Oc1ccc(C(C)C)cc1. The molecule has 0 aliphatic rings. The molecule has 0 bridgehead atoms. The molecule has 0 saturated heterocycles. The highest BCUT2D eigenvalue weighted by Crippen LogP contribution is 2.20. The Bertz CT molecular complexity index is 732. The maximum absolute atomic E-state index is 12.5. The molecular formula is C22H26O4. The molecule has 0 aliphatic heterocycles. The summed E-state index contributed by atoms with van der Waals surface area (Å²) in [5.41, 5.74) is 1.61. The molecule has 0 saturated carbocycles. The van der Waals surface area contributed by atoms with E-state index in [1.165, 1.54) is 5.56 Å². The number of carbonyl (C=O) groups is 2. The molecule has 4 heteroatoms. The van der Waals surface area contributed by atoms with Crippen LogP contribution in [0.1, 0.15) is 72.2 Å². The van der Waals surface area contributed by atoms with Crippen LogP contribution in [0.3, 0.4) is 0 Å². The van der Waals surface area contributed by atoms with Crippen molar-refractivity contribution in [3.05, 3.63) is 65.2 Å². The number of ether oxygens (including phenoxy) is 2. The second kappa shape index (κ2) is 9.76. The Kier molecular flexibility index (Phi) is 7.39. The number of benzene rings is 2. The standard InChI is InChI=1S/C22H26O4/c1-4-5-8-15-25-21(23)19-9-6-7-10-20(19)22(24)26-18-13-11-17(12-14-18)16(2)3/h6-7,9-14,16H,4-5,8,15H2,1-3H3. The number of hydrogen-bond acceptors (Lipinski definition) is 4. The average molecular weight is 354 g/mol. The van der Waals surface area contributed by atoms with Gasteiger partial charge in [-0.25, -0.2) is 9.59 Å². The Hall–Kier alpha value is -2.62. The molecule has 0 amide bonds. The number of esters is 2. The van der Waals surface area contributed by atoms with Gasteiger partial charge in [0.1, 0.15) is 5.75 Å². The summed E-state index contributed by atoms with van der Waals surface area (Å²) in [6.07, 6.45) is 2.87. The van der Waals surface area contributed by atoms with Gasteiger partial charge in [0, 0.05) is 0 Å². The van der Waals surface area contributed by atoms with Gasteiger partial charge in [-0.3, -0.25) is 0 Å². The number of unbranched alkanes of at least 4 members (excludes halogenated alkanes) is 2. The van der Waals surface area contributed by atoms with E-state index in [2.05, 4.69) is 20.8 Å². The van der Waals surface area contributed by atoms with Crippen LogP contribution in [0, 0.1) is 0 Å². The molecule has 138 valence electrons. The number of rotatable bonds is 8. The summed E-state index contributed by atoms with van der Waals surface area (Å²) in [6, 6.07) is 14.0. The zero-order valence-electron chi connectivity index (χ0n) is 15.7. The van der Waals surface area contributed by atoms with Crippen molar-refractivity contribution in [2.75, 3.05) is 6.61 Å². The van der Waals surface area contributed by atoms with Crippen LogP contribution in [0.2, 0.25) is 0 Å². The van der Waals surface area contributed by atoms with Gasteiger partial charge in [0.05, 0.1) is 17.7 Å². The van der Waals surface area contributed by atoms with Crippen LogP contribution < -0.4 is 4.74 Å². The fraction of sp³-hybridized carbons (Fsp3) is 0.364. The normalized spacial score (nSPS) is 10.6. The Morgan fingerprint density at radius 3 is 2.08 bits per heavy atom. The lowest BCUT2D eigenvalue weighted by atomic mass is 10.0. The predicted octanol–water partition coefficient (Wildman–Crippen LogP) is 5.38. The summed E-state index contributed by atoms with van der Waals surface area (Å²) in [6.45, 7) is 6.64. The van der Waals surface area contributed by atoms with E-state index < -0.39 is 11.9 Å². The van der Waals surface area contributed by atoms with E-state index in [-0.39, 0.29) is 11.1 Å². The minimum absolute atomic E-state index is 0.209. The molecule has 2 rings (SSSR count). The third-order valence-corrected chi connectivity index (χ3v) is 4.11. The topological polar surface area (TPSA) is 52.6 Å². The molecule has 0 N–H and O–H groups in total. The van der Waals surface area contributed by atoms with Gasteiger partial charge in [-0.05, 0) is 42.2 Å². The monoisotopic (exact) mass is 354 g/mol.